The van der Waals surface area contributed by atoms with Crippen molar-refractivity contribution in [1.82, 2.24) is 10.1 Å². The SMILES string of the molecule is Cc1cc(CNc2ccc(F)cn2)no1. The summed E-state index contributed by atoms with van der Waals surface area (Å²) >= 11 is 0. The molecule has 2 rings (SSSR count). The van der Waals surface area contributed by atoms with E-state index in [9.17, 15) is 4.39 Å². The summed E-state index contributed by atoms with van der Waals surface area (Å²) in [5.41, 5.74) is 0.790. The zero-order chi connectivity index (χ0) is 10.7. The molecule has 2 aromatic rings. The van der Waals surface area contributed by atoms with Gasteiger partial charge >= 0.3 is 0 Å². The Labute approximate surface area is 86.1 Å². The fourth-order valence-corrected chi connectivity index (χ4v) is 1.16. The molecule has 0 unspecified atom stereocenters. The fourth-order valence-electron chi connectivity index (χ4n) is 1.16. The highest BCUT2D eigenvalue weighted by atomic mass is 19.1. The van der Waals surface area contributed by atoms with Crippen molar-refractivity contribution >= 4 is 5.82 Å². The summed E-state index contributed by atoms with van der Waals surface area (Å²) in [5.74, 6) is 1.02. The van der Waals surface area contributed by atoms with E-state index in [1.54, 1.807) is 6.07 Å². The van der Waals surface area contributed by atoms with Crippen LogP contribution in [-0.4, -0.2) is 10.1 Å². The zero-order valence-corrected chi connectivity index (χ0v) is 8.20. The molecule has 2 aromatic heterocycles. The lowest BCUT2D eigenvalue weighted by atomic mass is 10.3. The van der Waals surface area contributed by atoms with Crippen LogP contribution >= 0.6 is 0 Å². The third kappa shape index (κ3) is 2.52. The van der Waals surface area contributed by atoms with E-state index in [1.165, 1.54) is 6.07 Å². The Kier molecular flexibility index (Phi) is 2.62. The molecule has 0 bridgehead atoms. The summed E-state index contributed by atoms with van der Waals surface area (Å²) in [6.07, 6.45) is 1.16. The third-order valence-electron chi connectivity index (χ3n) is 1.85. The van der Waals surface area contributed by atoms with E-state index in [0.717, 1.165) is 17.7 Å². The Hall–Kier alpha value is -1.91. The lowest BCUT2D eigenvalue weighted by Crippen LogP contribution is -2.01. The maximum Gasteiger partial charge on any atom is 0.141 e. The number of nitrogens with zero attached hydrogens (tertiary/aromatic N) is 2. The quantitative estimate of drug-likeness (QED) is 0.837. The first-order valence-electron chi connectivity index (χ1n) is 4.51. The van der Waals surface area contributed by atoms with E-state index >= 15 is 0 Å². The molecule has 4 nitrogen and oxygen atoms in total. The second-order valence-electron chi connectivity index (χ2n) is 3.14. The predicted octanol–water partition coefficient (Wildman–Crippen LogP) is 2.13. The highest BCUT2D eigenvalue weighted by molar-refractivity contribution is 5.34. The first kappa shape index (κ1) is 9.64. The van der Waals surface area contributed by atoms with Gasteiger partial charge in [-0.1, -0.05) is 5.16 Å². The van der Waals surface area contributed by atoms with Gasteiger partial charge in [-0.2, -0.15) is 0 Å². The lowest BCUT2D eigenvalue weighted by molar-refractivity contribution is 0.391. The lowest BCUT2D eigenvalue weighted by Gasteiger charge is -2.01. The Morgan fingerprint density at radius 1 is 1.47 bits per heavy atom. The molecule has 0 aliphatic carbocycles. The summed E-state index contributed by atoms with van der Waals surface area (Å²) in [6.45, 7) is 2.34. The summed E-state index contributed by atoms with van der Waals surface area (Å²) < 4.78 is 17.4. The number of nitrogens with one attached hydrogen (secondary N) is 1. The smallest absolute Gasteiger partial charge is 0.141 e. The van der Waals surface area contributed by atoms with Crippen molar-refractivity contribution in [3.63, 3.8) is 0 Å². The summed E-state index contributed by atoms with van der Waals surface area (Å²) in [7, 11) is 0. The molecule has 5 heteroatoms. The number of rotatable bonds is 3. The van der Waals surface area contributed by atoms with Gasteiger partial charge in [0, 0.05) is 6.07 Å². The van der Waals surface area contributed by atoms with Crippen LogP contribution in [0.5, 0.6) is 0 Å². The largest absolute Gasteiger partial charge is 0.364 e. The van der Waals surface area contributed by atoms with Gasteiger partial charge in [0.2, 0.25) is 0 Å². The predicted molar refractivity (Wildman–Crippen MR) is 52.8 cm³/mol. The molecule has 0 atom stereocenters. The molecule has 0 amide bonds. The Balaban J connectivity index is 1.96. The average Bonchev–Trinajstić information content (AvgIpc) is 2.64. The first-order chi connectivity index (χ1) is 7.24. The van der Waals surface area contributed by atoms with Crippen LogP contribution in [0.4, 0.5) is 10.2 Å². The topological polar surface area (TPSA) is 51.0 Å². The number of hydrogen-bond donors (Lipinski definition) is 1. The minimum Gasteiger partial charge on any atom is -0.364 e. The average molecular weight is 207 g/mol. The Morgan fingerprint density at radius 3 is 2.93 bits per heavy atom. The van der Waals surface area contributed by atoms with Crippen LogP contribution in [0.1, 0.15) is 11.5 Å². The third-order valence-corrected chi connectivity index (χ3v) is 1.85. The first-order valence-corrected chi connectivity index (χ1v) is 4.51. The highest BCUT2D eigenvalue weighted by Crippen LogP contribution is 2.07. The second-order valence-corrected chi connectivity index (χ2v) is 3.14. The van der Waals surface area contributed by atoms with E-state index in [-0.39, 0.29) is 5.82 Å². The molecule has 0 spiro atoms. The monoisotopic (exact) mass is 207 g/mol. The number of anilines is 1. The molecule has 0 fully saturated rings. The van der Waals surface area contributed by atoms with E-state index in [2.05, 4.69) is 15.5 Å². The van der Waals surface area contributed by atoms with Crippen molar-refractivity contribution in [2.75, 3.05) is 5.32 Å². The van der Waals surface area contributed by atoms with E-state index in [1.807, 2.05) is 13.0 Å². The summed E-state index contributed by atoms with van der Waals surface area (Å²) in [4.78, 5) is 3.86. The van der Waals surface area contributed by atoms with Crippen LogP contribution in [0.25, 0.3) is 0 Å². The molecule has 0 aromatic carbocycles. The number of aryl methyl sites for hydroxylation is 1. The molecule has 15 heavy (non-hydrogen) atoms. The van der Waals surface area contributed by atoms with Crippen molar-refractivity contribution in [2.45, 2.75) is 13.5 Å². The van der Waals surface area contributed by atoms with Gasteiger partial charge in [0.25, 0.3) is 0 Å². The zero-order valence-electron chi connectivity index (χ0n) is 8.20. The maximum atomic E-state index is 12.5. The summed E-state index contributed by atoms with van der Waals surface area (Å²) in [6, 6.07) is 4.75. The van der Waals surface area contributed by atoms with Crippen LogP contribution < -0.4 is 5.32 Å². The number of hydrogen-bond acceptors (Lipinski definition) is 4. The van der Waals surface area contributed by atoms with Gasteiger partial charge in [-0.15, -0.1) is 0 Å². The van der Waals surface area contributed by atoms with Crippen molar-refractivity contribution in [3.8, 4) is 0 Å². The normalized spacial score (nSPS) is 10.3. The van der Waals surface area contributed by atoms with E-state index in [4.69, 9.17) is 4.52 Å². The van der Waals surface area contributed by atoms with Crippen LogP contribution in [0, 0.1) is 12.7 Å². The molecule has 0 aliphatic heterocycles. The highest BCUT2D eigenvalue weighted by Gasteiger charge is 2.00. The second kappa shape index (κ2) is 4.08. The standard InChI is InChI=1S/C10H10FN3O/c1-7-4-9(14-15-7)6-13-10-3-2-8(11)5-12-10/h2-5H,6H2,1H3,(H,12,13). The van der Waals surface area contributed by atoms with Crippen molar-refractivity contribution in [1.29, 1.82) is 0 Å². The molecule has 0 saturated carbocycles. The van der Waals surface area contributed by atoms with Crippen molar-refractivity contribution < 1.29 is 8.91 Å². The number of aromatic nitrogens is 2. The molecule has 2 heterocycles. The Morgan fingerprint density at radius 2 is 2.33 bits per heavy atom. The summed E-state index contributed by atoms with van der Waals surface area (Å²) in [5, 5.41) is 6.81. The van der Waals surface area contributed by atoms with Crippen molar-refractivity contribution in [3.05, 3.63) is 41.7 Å². The van der Waals surface area contributed by atoms with E-state index in [0.29, 0.717) is 12.4 Å². The number of halogens is 1. The molecule has 0 aliphatic rings. The van der Waals surface area contributed by atoms with Crippen LogP contribution in [-0.2, 0) is 6.54 Å². The van der Waals surface area contributed by atoms with Crippen LogP contribution in [0.2, 0.25) is 0 Å². The Bertz CT molecular complexity index is 438. The van der Waals surface area contributed by atoms with Gasteiger partial charge in [-0.05, 0) is 19.1 Å². The fraction of sp³-hybridized carbons (Fsp3) is 0.200. The van der Waals surface area contributed by atoms with Gasteiger partial charge < -0.3 is 9.84 Å². The minimum atomic E-state index is -0.349. The minimum absolute atomic E-state index is 0.349. The van der Waals surface area contributed by atoms with E-state index < -0.39 is 0 Å². The molecule has 78 valence electrons. The van der Waals surface area contributed by atoms with Gasteiger partial charge in [-0.3, -0.25) is 0 Å². The van der Waals surface area contributed by atoms with Gasteiger partial charge in [0.1, 0.15) is 23.1 Å². The molecular formula is C10H10FN3O. The molecular weight excluding hydrogens is 197 g/mol. The molecule has 0 saturated heterocycles. The van der Waals surface area contributed by atoms with Gasteiger partial charge in [0.15, 0.2) is 0 Å². The van der Waals surface area contributed by atoms with Crippen LogP contribution in [0.15, 0.2) is 28.9 Å². The number of pyridine rings is 1. The van der Waals surface area contributed by atoms with Crippen LogP contribution in [0.3, 0.4) is 0 Å². The maximum absolute atomic E-state index is 12.5. The van der Waals surface area contributed by atoms with Gasteiger partial charge in [0.05, 0.1) is 12.7 Å². The van der Waals surface area contributed by atoms with Crippen molar-refractivity contribution in [2.24, 2.45) is 0 Å². The van der Waals surface area contributed by atoms with Gasteiger partial charge in [-0.25, -0.2) is 9.37 Å². The molecule has 1 N–H and O–H groups in total. The molecule has 0 radical (unpaired) electrons.